The van der Waals surface area contributed by atoms with Gasteiger partial charge in [-0.2, -0.15) is 5.10 Å². The van der Waals surface area contributed by atoms with Gasteiger partial charge in [0, 0.05) is 11.8 Å². The molecule has 0 unspecified atom stereocenters. The van der Waals surface area contributed by atoms with Crippen molar-refractivity contribution >= 4 is 23.5 Å². The van der Waals surface area contributed by atoms with Crippen molar-refractivity contribution in [2.24, 2.45) is 0 Å². The molecule has 0 aliphatic carbocycles. The summed E-state index contributed by atoms with van der Waals surface area (Å²) in [6, 6.07) is 9.42. The maximum Gasteiger partial charge on any atom is 0.324 e. The molecule has 1 aliphatic heterocycles. The number of halogens is 2. The largest absolute Gasteiger partial charge is 0.329 e. The second kappa shape index (κ2) is 8.22. The molecule has 8 nitrogen and oxygen atoms in total. The number of nitrogens with one attached hydrogen (secondary N) is 2. The molecule has 1 fully saturated rings. The van der Waals surface area contributed by atoms with Gasteiger partial charge in [0.2, 0.25) is 5.91 Å². The standard InChI is InChI=1S/C22H19F2N5O3/c1-12-20(13(2)29(27-12)18-7-6-15(23)9-17(18)24)21(31)26-16-5-3-4-14(8-16)11-28-19(30)10-25-22(28)32/h3-9H,10-11H2,1-2H3,(H,25,32)(H,26,31). The Balaban J connectivity index is 1.57. The summed E-state index contributed by atoms with van der Waals surface area (Å²) in [4.78, 5) is 37.6. The van der Waals surface area contributed by atoms with E-state index < -0.39 is 23.6 Å². The number of anilines is 1. The molecule has 0 atom stereocenters. The summed E-state index contributed by atoms with van der Waals surface area (Å²) in [6.45, 7) is 3.28. The topological polar surface area (TPSA) is 96.3 Å². The second-order valence-electron chi connectivity index (χ2n) is 7.35. The van der Waals surface area contributed by atoms with E-state index in [1.54, 1.807) is 38.1 Å². The maximum atomic E-state index is 14.2. The van der Waals surface area contributed by atoms with Crippen LogP contribution in [0.5, 0.6) is 0 Å². The average molecular weight is 439 g/mol. The molecule has 0 spiro atoms. The first-order valence-corrected chi connectivity index (χ1v) is 9.74. The summed E-state index contributed by atoms with van der Waals surface area (Å²) < 4.78 is 28.7. The molecule has 2 aromatic carbocycles. The van der Waals surface area contributed by atoms with Gasteiger partial charge in [-0.05, 0) is 43.7 Å². The molecular formula is C22H19F2N5O3. The van der Waals surface area contributed by atoms with Crippen molar-refractivity contribution in [1.29, 1.82) is 0 Å². The third-order valence-corrected chi connectivity index (χ3v) is 5.12. The van der Waals surface area contributed by atoms with E-state index in [9.17, 15) is 23.2 Å². The zero-order valence-corrected chi connectivity index (χ0v) is 17.3. The number of hydrogen-bond donors (Lipinski definition) is 2. The van der Waals surface area contributed by atoms with Crippen molar-refractivity contribution in [3.05, 3.63) is 76.6 Å². The minimum absolute atomic E-state index is 0.0293. The predicted octanol–water partition coefficient (Wildman–Crippen LogP) is 3.07. The monoisotopic (exact) mass is 439 g/mol. The summed E-state index contributed by atoms with van der Waals surface area (Å²) in [6.07, 6.45) is 0. The molecular weight excluding hydrogens is 420 g/mol. The Kier molecular flexibility index (Phi) is 5.43. The van der Waals surface area contributed by atoms with E-state index in [1.807, 2.05) is 0 Å². The van der Waals surface area contributed by atoms with Gasteiger partial charge >= 0.3 is 6.03 Å². The third kappa shape index (κ3) is 3.94. The van der Waals surface area contributed by atoms with Crippen LogP contribution in [-0.4, -0.2) is 39.1 Å². The van der Waals surface area contributed by atoms with E-state index in [1.165, 1.54) is 10.7 Å². The number of benzene rings is 2. The minimum atomic E-state index is -0.796. The molecule has 164 valence electrons. The van der Waals surface area contributed by atoms with E-state index >= 15 is 0 Å². The summed E-state index contributed by atoms with van der Waals surface area (Å²) in [5.41, 5.74) is 2.17. The Hall–Kier alpha value is -4.08. The Labute approximate surface area is 181 Å². The smallest absolute Gasteiger partial charge is 0.324 e. The molecule has 1 aromatic heterocycles. The zero-order chi connectivity index (χ0) is 23.0. The van der Waals surface area contributed by atoms with Crippen LogP contribution in [-0.2, 0) is 11.3 Å². The Morgan fingerprint density at radius 2 is 1.94 bits per heavy atom. The van der Waals surface area contributed by atoms with Crippen LogP contribution >= 0.6 is 0 Å². The summed E-state index contributed by atoms with van der Waals surface area (Å²) in [5.74, 6) is -2.29. The fourth-order valence-electron chi connectivity index (χ4n) is 3.60. The zero-order valence-electron chi connectivity index (χ0n) is 17.3. The number of hydrogen-bond acceptors (Lipinski definition) is 4. The van der Waals surface area contributed by atoms with Crippen LogP contribution in [0.15, 0.2) is 42.5 Å². The Morgan fingerprint density at radius 3 is 2.62 bits per heavy atom. The van der Waals surface area contributed by atoms with Gasteiger partial charge in [0.25, 0.3) is 5.91 Å². The highest BCUT2D eigenvalue weighted by Gasteiger charge is 2.28. The average Bonchev–Trinajstić information content (AvgIpc) is 3.21. The molecule has 32 heavy (non-hydrogen) atoms. The predicted molar refractivity (Wildman–Crippen MR) is 111 cm³/mol. The second-order valence-corrected chi connectivity index (χ2v) is 7.35. The summed E-state index contributed by atoms with van der Waals surface area (Å²) in [7, 11) is 0. The number of imide groups is 1. The molecule has 10 heteroatoms. The lowest BCUT2D eigenvalue weighted by molar-refractivity contribution is -0.125. The Morgan fingerprint density at radius 1 is 1.16 bits per heavy atom. The van der Waals surface area contributed by atoms with E-state index in [2.05, 4.69) is 15.7 Å². The first kappa shape index (κ1) is 21.2. The van der Waals surface area contributed by atoms with Crippen molar-refractivity contribution in [1.82, 2.24) is 20.0 Å². The van der Waals surface area contributed by atoms with Crippen LogP contribution in [0.25, 0.3) is 5.69 Å². The lowest BCUT2D eigenvalue weighted by atomic mass is 10.1. The van der Waals surface area contributed by atoms with Gasteiger partial charge in [0.05, 0.1) is 30.0 Å². The van der Waals surface area contributed by atoms with Crippen LogP contribution in [0.3, 0.4) is 0 Å². The van der Waals surface area contributed by atoms with E-state index in [4.69, 9.17) is 0 Å². The number of aromatic nitrogens is 2. The van der Waals surface area contributed by atoms with Crippen LogP contribution in [0.1, 0.15) is 27.3 Å². The molecule has 1 saturated heterocycles. The van der Waals surface area contributed by atoms with Crippen molar-refractivity contribution in [2.45, 2.75) is 20.4 Å². The van der Waals surface area contributed by atoms with Gasteiger partial charge in [0.1, 0.15) is 11.5 Å². The molecule has 0 saturated carbocycles. The molecule has 2 heterocycles. The summed E-state index contributed by atoms with van der Waals surface area (Å²) >= 11 is 0. The van der Waals surface area contributed by atoms with Crippen molar-refractivity contribution in [3.8, 4) is 5.69 Å². The molecule has 1 aliphatic rings. The van der Waals surface area contributed by atoms with Gasteiger partial charge in [-0.1, -0.05) is 12.1 Å². The number of urea groups is 1. The maximum absolute atomic E-state index is 14.2. The third-order valence-electron chi connectivity index (χ3n) is 5.12. The molecule has 4 amide bonds. The first-order valence-electron chi connectivity index (χ1n) is 9.74. The van der Waals surface area contributed by atoms with Crippen molar-refractivity contribution in [3.63, 3.8) is 0 Å². The minimum Gasteiger partial charge on any atom is -0.329 e. The van der Waals surface area contributed by atoms with Crippen molar-refractivity contribution < 1.29 is 23.2 Å². The van der Waals surface area contributed by atoms with Gasteiger partial charge in [-0.15, -0.1) is 0 Å². The number of aryl methyl sites for hydroxylation is 1. The lowest BCUT2D eigenvalue weighted by Crippen LogP contribution is -2.30. The van der Waals surface area contributed by atoms with Crippen LogP contribution in [0.4, 0.5) is 19.3 Å². The fourth-order valence-corrected chi connectivity index (χ4v) is 3.60. The van der Waals surface area contributed by atoms with Crippen LogP contribution in [0.2, 0.25) is 0 Å². The fraction of sp³-hybridized carbons (Fsp3) is 0.182. The summed E-state index contributed by atoms with van der Waals surface area (Å²) in [5, 5.41) is 9.46. The van der Waals surface area contributed by atoms with Gasteiger partial charge in [-0.25, -0.2) is 18.3 Å². The van der Waals surface area contributed by atoms with Gasteiger partial charge in [-0.3, -0.25) is 14.5 Å². The molecule has 2 N–H and O–H groups in total. The number of amides is 4. The van der Waals surface area contributed by atoms with Crippen molar-refractivity contribution in [2.75, 3.05) is 11.9 Å². The molecule has 0 radical (unpaired) electrons. The lowest BCUT2D eigenvalue weighted by Gasteiger charge is -2.13. The van der Waals surface area contributed by atoms with Gasteiger partial charge in [0.15, 0.2) is 5.82 Å². The van der Waals surface area contributed by atoms with E-state index in [0.29, 0.717) is 22.6 Å². The number of nitrogens with zero attached hydrogens (tertiary/aromatic N) is 3. The van der Waals surface area contributed by atoms with Gasteiger partial charge < -0.3 is 10.6 Å². The van der Waals surface area contributed by atoms with E-state index in [0.717, 1.165) is 17.0 Å². The SMILES string of the molecule is Cc1nn(-c2ccc(F)cc2F)c(C)c1C(=O)Nc1cccc(CN2C(=O)CNC2=O)c1. The van der Waals surface area contributed by atoms with E-state index in [-0.39, 0.29) is 30.2 Å². The van der Waals surface area contributed by atoms with Crippen LogP contribution < -0.4 is 10.6 Å². The highest BCUT2D eigenvalue weighted by Crippen LogP contribution is 2.22. The highest BCUT2D eigenvalue weighted by atomic mass is 19.1. The first-order chi connectivity index (χ1) is 15.2. The molecule has 3 aromatic rings. The molecule has 4 rings (SSSR count). The number of carbonyl (C=O) groups is 3. The van der Waals surface area contributed by atoms with Crippen LogP contribution in [0, 0.1) is 25.5 Å². The molecule has 0 bridgehead atoms. The number of carbonyl (C=O) groups excluding carboxylic acids is 3. The quantitative estimate of drug-likeness (QED) is 0.598. The normalized spacial score (nSPS) is 13.4. The Bertz CT molecular complexity index is 1240. The number of rotatable bonds is 5. The highest BCUT2D eigenvalue weighted by molar-refractivity contribution is 6.06.